The van der Waals surface area contributed by atoms with Crippen LogP contribution < -0.4 is 0 Å². The van der Waals surface area contributed by atoms with Crippen LogP contribution >= 0.6 is 0 Å². The van der Waals surface area contributed by atoms with Gasteiger partial charge in [0.1, 0.15) is 5.78 Å². The van der Waals surface area contributed by atoms with Crippen LogP contribution in [0.4, 0.5) is 8.78 Å². The summed E-state index contributed by atoms with van der Waals surface area (Å²) in [5.74, 6) is -2.87. The number of ketones is 1. The molecule has 2 aromatic carbocycles. The predicted molar refractivity (Wildman–Crippen MR) is 108 cm³/mol. The van der Waals surface area contributed by atoms with Crippen LogP contribution in [0, 0.1) is 23.5 Å². The van der Waals surface area contributed by atoms with Crippen molar-refractivity contribution in [3.63, 3.8) is 0 Å². The number of aliphatic hydroxyl groups excluding tert-OH is 1. The van der Waals surface area contributed by atoms with Gasteiger partial charge in [-0.15, -0.1) is 0 Å². The first-order chi connectivity index (χ1) is 14.3. The number of hydrogen-bond donors (Lipinski definition) is 2. The van der Waals surface area contributed by atoms with E-state index in [1.807, 2.05) is 6.08 Å². The largest absolute Gasteiger partial charge is 0.478 e. The maximum Gasteiger partial charge on any atom is 0.335 e. The summed E-state index contributed by atoms with van der Waals surface area (Å²) in [5, 5.41) is 19.2. The number of aryl methyl sites for hydroxylation is 1. The number of allylic oxidation sites excluding steroid dienone is 1. The summed E-state index contributed by atoms with van der Waals surface area (Å²) in [6.07, 6.45) is 4.81. The minimum Gasteiger partial charge on any atom is -0.478 e. The zero-order chi connectivity index (χ0) is 21.7. The van der Waals surface area contributed by atoms with Gasteiger partial charge in [0.05, 0.1) is 11.7 Å². The molecule has 0 heterocycles. The lowest BCUT2D eigenvalue weighted by atomic mass is 9.88. The smallest absolute Gasteiger partial charge is 0.335 e. The highest BCUT2D eigenvalue weighted by molar-refractivity contribution is 5.87. The molecule has 3 rings (SSSR count). The van der Waals surface area contributed by atoms with Crippen molar-refractivity contribution < 1.29 is 28.6 Å². The number of carbonyl (C=O) groups excluding carboxylic acids is 1. The molecule has 0 amide bonds. The van der Waals surface area contributed by atoms with E-state index in [0.717, 1.165) is 11.6 Å². The van der Waals surface area contributed by atoms with Gasteiger partial charge in [-0.25, -0.2) is 13.6 Å². The lowest BCUT2D eigenvalue weighted by Gasteiger charge is -2.16. The van der Waals surface area contributed by atoms with Gasteiger partial charge in [-0.05, 0) is 54.5 Å². The van der Waals surface area contributed by atoms with Crippen molar-refractivity contribution in [2.45, 2.75) is 38.2 Å². The molecule has 1 aliphatic carbocycles. The first-order valence-corrected chi connectivity index (χ1v) is 9.99. The summed E-state index contributed by atoms with van der Waals surface area (Å²) in [4.78, 5) is 23.2. The summed E-state index contributed by atoms with van der Waals surface area (Å²) < 4.78 is 27.1. The fourth-order valence-electron chi connectivity index (χ4n) is 3.95. The molecule has 158 valence electrons. The van der Waals surface area contributed by atoms with Crippen LogP contribution in [0.15, 0.2) is 54.6 Å². The third-order valence-corrected chi connectivity index (χ3v) is 5.64. The number of carboxylic acids is 1. The Labute approximate surface area is 173 Å². The lowest BCUT2D eigenvalue weighted by Crippen LogP contribution is -2.15. The highest BCUT2D eigenvalue weighted by Gasteiger charge is 2.32. The zero-order valence-corrected chi connectivity index (χ0v) is 16.4. The number of aliphatic hydroxyl groups is 1. The number of benzene rings is 2. The molecule has 0 aliphatic heterocycles. The Morgan fingerprint density at radius 2 is 1.90 bits per heavy atom. The van der Waals surface area contributed by atoms with Crippen molar-refractivity contribution in [1.29, 1.82) is 0 Å². The predicted octanol–water partition coefficient (Wildman–Crippen LogP) is 4.35. The van der Waals surface area contributed by atoms with Crippen molar-refractivity contribution in [2.75, 3.05) is 0 Å². The molecular formula is C24H24F2O4. The first kappa shape index (κ1) is 21.8. The molecule has 2 aromatic rings. The Balaban J connectivity index is 1.58. The van der Waals surface area contributed by atoms with Crippen LogP contribution in [0.25, 0.3) is 0 Å². The number of hydrogen-bond acceptors (Lipinski definition) is 3. The SMILES string of the molecule is O=C(O)c1ccc(CCC2C(=O)CCC2C=CC(O)Cc2cccc(F)c2F)cc1. The standard InChI is InChI=1S/C24H24F2O4/c25-21-3-1-2-18(23(21)26)14-19(27)11-9-16-10-13-22(28)20(16)12-6-15-4-7-17(8-5-15)24(29)30/h1-5,7-9,11,16,19-20,27H,6,10,12-14H2,(H,29,30). The van der Waals surface area contributed by atoms with Gasteiger partial charge >= 0.3 is 5.97 Å². The maximum absolute atomic E-state index is 13.8. The fraction of sp³-hybridized carbons (Fsp3) is 0.333. The first-order valence-electron chi connectivity index (χ1n) is 9.99. The van der Waals surface area contributed by atoms with Gasteiger partial charge in [-0.3, -0.25) is 4.79 Å². The number of carbonyl (C=O) groups is 2. The molecule has 2 N–H and O–H groups in total. The van der Waals surface area contributed by atoms with Crippen molar-refractivity contribution >= 4 is 11.8 Å². The molecule has 3 unspecified atom stereocenters. The summed E-state index contributed by atoms with van der Waals surface area (Å²) >= 11 is 0. The molecule has 1 saturated carbocycles. The molecule has 4 nitrogen and oxygen atoms in total. The highest BCUT2D eigenvalue weighted by atomic mass is 19.2. The normalized spacial score (nSPS) is 20.0. The van der Waals surface area contributed by atoms with Gasteiger partial charge in [0.25, 0.3) is 0 Å². The summed E-state index contributed by atoms with van der Waals surface area (Å²) in [6, 6.07) is 10.5. The van der Waals surface area contributed by atoms with Crippen molar-refractivity contribution in [3.8, 4) is 0 Å². The molecule has 0 spiro atoms. The van der Waals surface area contributed by atoms with E-state index in [1.54, 1.807) is 30.3 Å². The van der Waals surface area contributed by atoms with E-state index in [2.05, 4.69) is 0 Å². The average Bonchev–Trinajstić information content (AvgIpc) is 3.08. The topological polar surface area (TPSA) is 74.6 Å². The van der Waals surface area contributed by atoms with E-state index >= 15 is 0 Å². The number of Topliss-reactive ketones (excluding diaryl/α,β-unsaturated/α-hetero) is 1. The van der Waals surface area contributed by atoms with Gasteiger partial charge in [0, 0.05) is 18.8 Å². The van der Waals surface area contributed by atoms with Crippen LogP contribution in [0.2, 0.25) is 0 Å². The van der Waals surface area contributed by atoms with E-state index < -0.39 is 23.7 Å². The van der Waals surface area contributed by atoms with Crippen molar-refractivity contribution in [3.05, 3.63) is 82.9 Å². The fourth-order valence-corrected chi connectivity index (χ4v) is 3.95. The van der Waals surface area contributed by atoms with Gasteiger partial charge in [0.15, 0.2) is 11.6 Å². The van der Waals surface area contributed by atoms with Gasteiger partial charge in [-0.2, -0.15) is 0 Å². The second-order valence-corrected chi connectivity index (χ2v) is 7.69. The van der Waals surface area contributed by atoms with Gasteiger partial charge in [-0.1, -0.05) is 36.4 Å². The molecule has 0 radical (unpaired) electrons. The third kappa shape index (κ3) is 5.39. The Morgan fingerprint density at radius 1 is 1.17 bits per heavy atom. The second kappa shape index (κ2) is 9.76. The van der Waals surface area contributed by atoms with E-state index in [4.69, 9.17) is 5.11 Å². The molecule has 0 aromatic heterocycles. The Morgan fingerprint density at radius 3 is 2.60 bits per heavy atom. The minimum absolute atomic E-state index is 0.0113. The highest BCUT2D eigenvalue weighted by Crippen LogP contribution is 2.33. The van der Waals surface area contributed by atoms with Crippen molar-refractivity contribution in [1.82, 2.24) is 0 Å². The Hall–Kier alpha value is -2.86. The average molecular weight is 414 g/mol. The number of aromatic carboxylic acids is 1. The van der Waals surface area contributed by atoms with E-state index in [1.165, 1.54) is 12.1 Å². The third-order valence-electron chi connectivity index (χ3n) is 5.64. The molecule has 1 fully saturated rings. The lowest BCUT2D eigenvalue weighted by molar-refractivity contribution is -0.121. The Bertz CT molecular complexity index is 937. The summed E-state index contributed by atoms with van der Waals surface area (Å²) in [6.45, 7) is 0. The van der Waals surface area contributed by atoms with E-state index in [9.17, 15) is 23.5 Å². The van der Waals surface area contributed by atoms with Crippen molar-refractivity contribution in [2.24, 2.45) is 11.8 Å². The maximum atomic E-state index is 13.8. The molecule has 30 heavy (non-hydrogen) atoms. The molecule has 0 bridgehead atoms. The van der Waals surface area contributed by atoms with E-state index in [0.29, 0.717) is 25.7 Å². The zero-order valence-electron chi connectivity index (χ0n) is 16.4. The number of rotatable bonds is 8. The minimum atomic E-state index is -0.977. The monoisotopic (exact) mass is 414 g/mol. The molecule has 0 saturated heterocycles. The van der Waals surface area contributed by atoms with Crippen LogP contribution in [0.5, 0.6) is 0 Å². The number of carboxylic acid groups (broad SMARTS) is 1. The van der Waals surface area contributed by atoms with Crippen LogP contribution in [-0.4, -0.2) is 28.1 Å². The summed E-state index contributed by atoms with van der Waals surface area (Å²) in [5.41, 5.74) is 1.29. The van der Waals surface area contributed by atoms with Gasteiger partial charge < -0.3 is 10.2 Å². The van der Waals surface area contributed by atoms with Crippen LogP contribution in [0.3, 0.4) is 0 Å². The molecule has 3 atom stereocenters. The van der Waals surface area contributed by atoms with Gasteiger partial charge in [0.2, 0.25) is 0 Å². The number of halogens is 2. The van der Waals surface area contributed by atoms with Crippen LogP contribution in [-0.2, 0) is 17.6 Å². The molecule has 1 aliphatic rings. The quantitative estimate of drug-likeness (QED) is 0.630. The Kier molecular flexibility index (Phi) is 7.11. The summed E-state index contributed by atoms with van der Waals surface area (Å²) in [7, 11) is 0. The van der Waals surface area contributed by atoms with E-state index in [-0.39, 0.29) is 35.2 Å². The van der Waals surface area contributed by atoms with Crippen LogP contribution in [0.1, 0.15) is 40.7 Å². The second-order valence-electron chi connectivity index (χ2n) is 7.69. The molecular weight excluding hydrogens is 390 g/mol. The molecule has 6 heteroatoms.